The van der Waals surface area contributed by atoms with Crippen molar-refractivity contribution in [2.24, 2.45) is 0 Å². The molecule has 40 heavy (non-hydrogen) atoms. The minimum Gasteiger partial charge on any atom is -0.497 e. The molecule has 0 radical (unpaired) electrons. The lowest BCUT2D eigenvalue weighted by molar-refractivity contribution is -0.140. The Morgan fingerprint density at radius 2 is 1.77 bits per heavy atom. The maximum atomic E-state index is 13.7. The Morgan fingerprint density at radius 1 is 1.05 bits per heavy atom. The van der Waals surface area contributed by atoms with Crippen molar-refractivity contribution >= 4 is 56.9 Å². The number of ether oxygens (including phenoxy) is 4. The Morgan fingerprint density at radius 3 is 2.42 bits per heavy atom. The largest absolute Gasteiger partial charge is 0.497 e. The van der Waals surface area contributed by atoms with E-state index >= 15 is 0 Å². The highest BCUT2D eigenvalue weighted by Gasteiger charge is 2.40. The predicted molar refractivity (Wildman–Crippen MR) is 156 cm³/mol. The number of hydrogen-bond donors (Lipinski definition) is 0. The summed E-state index contributed by atoms with van der Waals surface area (Å²) in [5.74, 6) is 0.486. The van der Waals surface area contributed by atoms with E-state index in [4.69, 9.17) is 31.2 Å². The summed E-state index contributed by atoms with van der Waals surface area (Å²) in [6.07, 6.45) is 1.61. The van der Waals surface area contributed by atoms with Gasteiger partial charge in [-0.3, -0.25) is 14.5 Å². The lowest BCUT2D eigenvalue weighted by atomic mass is 10.1. The summed E-state index contributed by atoms with van der Waals surface area (Å²) in [6.45, 7) is -0.0999. The number of hydrogen-bond acceptors (Lipinski definition) is 8. The number of halogens is 1. The van der Waals surface area contributed by atoms with Gasteiger partial charge in [-0.1, -0.05) is 34.1 Å². The molecule has 0 spiro atoms. The van der Waals surface area contributed by atoms with Crippen molar-refractivity contribution in [2.45, 2.75) is 6.61 Å². The number of carbonyl (C=O) groups excluding carboxylic acids is 2. The van der Waals surface area contributed by atoms with Gasteiger partial charge in [0.2, 0.25) is 0 Å². The minimum absolute atomic E-state index is 0.131. The van der Waals surface area contributed by atoms with Gasteiger partial charge in [0.25, 0.3) is 5.91 Å². The van der Waals surface area contributed by atoms with E-state index in [0.29, 0.717) is 38.5 Å². The average molecular weight is 622 g/mol. The zero-order valence-corrected chi connectivity index (χ0v) is 24.2. The fourth-order valence-electron chi connectivity index (χ4n) is 3.98. The molecule has 0 unspecified atom stereocenters. The SMILES string of the molecule is COC(=O)CN1C(=S)N(c2ccc(OC)cc2)C(=O)/C1=C/c1cc(OC)c(OCc2ccccc2C#N)cc1Br. The molecule has 3 aromatic rings. The van der Waals surface area contributed by atoms with Crippen molar-refractivity contribution in [3.63, 3.8) is 0 Å². The second-order valence-electron chi connectivity index (χ2n) is 8.40. The highest BCUT2D eigenvalue weighted by atomic mass is 79.9. The Balaban J connectivity index is 1.70. The number of nitrogens with zero attached hydrogens (tertiary/aromatic N) is 3. The van der Waals surface area contributed by atoms with Crippen LogP contribution in [0.4, 0.5) is 5.69 Å². The lowest BCUT2D eigenvalue weighted by Crippen LogP contribution is -2.35. The van der Waals surface area contributed by atoms with Crippen LogP contribution in [0.25, 0.3) is 6.08 Å². The fraction of sp³-hybridized carbons (Fsp3) is 0.172. The number of carbonyl (C=O) groups is 2. The van der Waals surface area contributed by atoms with Gasteiger partial charge in [0.1, 0.15) is 24.6 Å². The van der Waals surface area contributed by atoms with E-state index in [-0.39, 0.29) is 24.0 Å². The van der Waals surface area contributed by atoms with Gasteiger partial charge < -0.3 is 23.8 Å². The van der Waals surface area contributed by atoms with Gasteiger partial charge in [-0.05, 0) is 66.3 Å². The van der Waals surface area contributed by atoms with Gasteiger partial charge in [0.05, 0.1) is 38.6 Å². The lowest BCUT2D eigenvalue weighted by Gasteiger charge is -2.19. The summed E-state index contributed by atoms with van der Waals surface area (Å²) >= 11 is 9.17. The third kappa shape index (κ3) is 5.93. The second kappa shape index (κ2) is 12.6. The smallest absolute Gasteiger partial charge is 0.325 e. The van der Waals surface area contributed by atoms with Gasteiger partial charge in [0.15, 0.2) is 16.6 Å². The summed E-state index contributed by atoms with van der Waals surface area (Å²) in [4.78, 5) is 28.7. The Kier molecular flexibility index (Phi) is 9.04. The van der Waals surface area contributed by atoms with Crippen molar-refractivity contribution in [3.8, 4) is 23.3 Å². The Bertz CT molecular complexity index is 1530. The quantitative estimate of drug-likeness (QED) is 0.184. The number of rotatable bonds is 9. The normalized spacial score (nSPS) is 13.8. The van der Waals surface area contributed by atoms with Crippen LogP contribution in [0.3, 0.4) is 0 Å². The number of thiocarbonyl (C=S) groups is 1. The number of methoxy groups -OCH3 is 3. The summed E-state index contributed by atoms with van der Waals surface area (Å²) in [7, 11) is 4.32. The molecule has 1 saturated heterocycles. The Labute approximate surface area is 245 Å². The molecule has 4 rings (SSSR count). The van der Waals surface area contributed by atoms with E-state index in [2.05, 4.69) is 22.0 Å². The summed E-state index contributed by atoms with van der Waals surface area (Å²) < 4.78 is 22.2. The maximum absolute atomic E-state index is 13.7. The van der Waals surface area contributed by atoms with E-state index in [1.54, 1.807) is 61.7 Å². The number of nitriles is 1. The van der Waals surface area contributed by atoms with Crippen LogP contribution in [0, 0.1) is 11.3 Å². The zero-order chi connectivity index (χ0) is 28.8. The van der Waals surface area contributed by atoms with E-state index in [1.165, 1.54) is 24.0 Å². The highest BCUT2D eigenvalue weighted by Crippen LogP contribution is 2.37. The molecular weight excluding hydrogens is 598 g/mol. The molecular formula is C29H24BrN3O6S. The molecule has 0 N–H and O–H groups in total. The number of benzene rings is 3. The first-order valence-corrected chi connectivity index (χ1v) is 13.1. The molecule has 0 saturated carbocycles. The van der Waals surface area contributed by atoms with E-state index in [1.807, 2.05) is 12.1 Å². The monoisotopic (exact) mass is 621 g/mol. The van der Waals surface area contributed by atoms with Crippen LogP contribution < -0.4 is 19.1 Å². The van der Waals surface area contributed by atoms with Crippen LogP contribution in [-0.2, 0) is 20.9 Å². The molecule has 204 valence electrons. The first-order valence-electron chi connectivity index (χ1n) is 11.9. The summed E-state index contributed by atoms with van der Waals surface area (Å²) in [5.41, 5.74) is 2.53. The van der Waals surface area contributed by atoms with Crippen LogP contribution in [0.2, 0.25) is 0 Å². The van der Waals surface area contributed by atoms with Crippen LogP contribution in [0.15, 0.2) is 70.8 Å². The predicted octanol–water partition coefficient (Wildman–Crippen LogP) is 5.06. The van der Waals surface area contributed by atoms with Crippen LogP contribution in [-0.4, -0.2) is 49.8 Å². The third-order valence-corrected chi connectivity index (χ3v) is 7.17. The van der Waals surface area contributed by atoms with Crippen molar-refractivity contribution in [1.82, 2.24) is 4.90 Å². The Hall–Kier alpha value is -4.40. The molecule has 1 aliphatic rings. The number of amides is 1. The van der Waals surface area contributed by atoms with Gasteiger partial charge in [-0.25, -0.2) is 0 Å². The van der Waals surface area contributed by atoms with Crippen LogP contribution >= 0.6 is 28.1 Å². The van der Waals surface area contributed by atoms with E-state index in [9.17, 15) is 14.9 Å². The highest BCUT2D eigenvalue weighted by molar-refractivity contribution is 9.10. The second-order valence-corrected chi connectivity index (χ2v) is 9.61. The molecule has 1 fully saturated rings. The summed E-state index contributed by atoms with van der Waals surface area (Å²) in [5, 5.41) is 9.49. The first kappa shape index (κ1) is 28.6. The fourth-order valence-corrected chi connectivity index (χ4v) is 4.77. The van der Waals surface area contributed by atoms with E-state index in [0.717, 1.165) is 5.56 Å². The van der Waals surface area contributed by atoms with Crippen molar-refractivity contribution in [3.05, 3.63) is 87.5 Å². The van der Waals surface area contributed by atoms with Crippen LogP contribution in [0.1, 0.15) is 16.7 Å². The van der Waals surface area contributed by atoms with Gasteiger partial charge in [0, 0.05) is 10.0 Å². The average Bonchev–Trinajstić information content (AvgIpc) is 3.20. The first-order chi connectivity index (χ1) is 19.3. The topological polar surface area (TPSA) is 101 Å². The van der Waals surface area contributed by atoms with Crippen LogP contribution in [0.5, 0.6) is 17.2 Å². The third-order valence-electron chi connectivity index (χ3n) is 6.08. The maximum Gasteiger partial charge on any atom is 0.325 e. The molecule has 3 aromatic carbocycles. The van der Waals surface area contributed by atoms with Gasteiger partial charge >= 0.3 is 5.97 Å². The summed E-state index contributed by atoms with van der Waals surface area (Å²) in [6, 6.07) is 19.6. The molecule has 0 aliphatic carbocycles. The van der Waals surface area contributed by atoms with Gasteiger partial charge in [-0.15, -0.1) is 0 Å². The molecule has 1 aliphatic heterocycles. The molecule has 0 aromatic heterocycles. The molecule has 1 amide bonds. The van der Waals surface area contributed by atoms with E-state index < -0.39 is 11.9 Å². The zero-order valence-electron chi connectivity index (χ0n) is 21.8. The van der Waals surface area contributed by atoms with Crippen molar-refractivity contribution < 1.29 is 28.5 Å². The van der Waals surface area contributed by atoms with Gasteiger partial charge in [-0.2, -0.15) is 5.26 Å². The van der Waals surface area contributed by atoms with Crippen molar-refractivity contribution in [1.29, 1.82) is 5.26 Å². The standard InChI is InChI=1S/C29H24BrN3O6S/c1-36-22-10-8-21(9-11-22)33-28(35)24(32(29(33)40)16-27(34)38-3)12-20-13-25(37-2)26(14-23(20)30)39-17-19-7-5-4-6-18(19)15-31/h4-14H,16-17H2,1-3H3/b24-12-. The molecule has 11 heteroatoms. The molecule has 0 atom stereocenters. The van der Waals surface area contributed by atoms with Crippen molar-refractivity contribution in [2.75, 3.05) is 32.8 Å². The number of anilines is 1. The molecule has 0 bridgehead atoms. The minimum atomic E-state index is -0.560. The molecule has 9 nitrogen and oxygen atoms in total. The number of esters is 1. The molecule has 1 heterocycles.